The van der Waals surface area contributed by atoms with Gasteiger partial charge in [0.1, 0.15) is 0 Å². The van der Waals surface area contributed by atoms with Crippen LogP contribution in [0.25, 0.3) is 0 Å². The van der Waals surface area contributed by atoms with Gasteiger partial charge in [0, 0.05) is 5.56 Å². The number of rotatable bonds is 14. The van der Waals surface area contributed by atoms with Crippen molar-refractivity contribution in [3.8, 4) is 11.5 Å². The molecule has 1 aromatic rings. The number of aryl methyl sites for hydroxylation is 1. The molecule has 2 N–H and O–H groups in total. The van der Waals surface area contributed by atoms with E-state index in [0.717, 1.165) is 24.8 Å². The molecule has 160 valence electrons. The highest BCUT2D eigenvalue weighted by Crippen LogP contribution is 2.49. The minimum atomic E-state index is 0.0334. The summed E-state index contributed by atoms with van der Waals surface area (Å²) in [6, 6.07) is 3.68. The Hall–Kier alpha value is -1.18. The third-order valence-corrected chi connectivity index (χ3v) is 7.18. The second-order valence-corrected chi connectivity index (χ2v) is 10.4. The Labute approximate surface area is 173 Å². The normalized spacial score (nSPS) is 15.7. The van der Waals surface area contributed by atoms with Crippen LogP contribution in [-0.2, 0) is 12.8 Å². The molecule has 0 saturated heterocycles. The fourth-order valence-corrected chi connectivity index (χ4v) is 4.12. The smallest absolute Gasteiger partial charge is 0.160 e. The number of benzene rings is 1. The molecule has 0 spiro atoms. The van der Waals surface area contributed by atoms with Crippen molar-refractivity contribution in [2.75, 3.05) is 0 Å². The molecule has 0 aromatic heterocycles. The Bertz CT molecular complexity index is 599. The van der Waals surface area contributed by atoms with Crippen molar-refractivity contribution in [2.24, 2.45) is 10.8 Å². The highest BCUT2D eigenvalue weighted by atomic mass is 16.3. The number of aromatic hydroxyl groups is 2. The molecule has 2 heteroatoms. The van der Waals surface area contributed by atoms with E-state index < -0.39 is 0 Å². The molecule has 1 aromatic carbocycles. The molecule has 0 unspecified atom stereocenters. The third kappa shape index (κ3) is 7.68. The van der Waals surface area contributed by atoms with Gasteiger partial charge in [-0.15, -0.1) is 0 Å². The van der Waals surface area contributed by atoms with Crippen LogP contribution in [0, 0.1) is 10.8 Å². The lowest BCUT2D eigenvalue weighted by atomic mass is 9.84. The van der Waals surface area contributed by atoms with E-state index in [2.05, 4.69) is 27.7 Å². The van der Waals surface area contributed by atoms with Crippen molar-refractivity contribution in [3.63, 3.8) is 0 Å². The zero-order chi connectivity index (χ0) is 20.6. The zero-order valence-electron chi connectivity index (χ0n) is 18.9. The summed E-state index contributed by atoms with van der Waals surface area (Å²) in [7, 11) is 0. The summed E-state index contributed by atoms with van der Waals surface area (Å²) in [5.41, 5.74) is 3.35. The second-order valence-electron chi connectivity index (χ2n) is 10.4. The molecule has 2 rings (SSSR count). The van der Waals surface area contributed by atoms with Crippen molar-refractivity contribution in [2.45, 2.75) is 118 Å². The molecule has 1 aliphatic carbocycles. The summed E-state index contributed by atoms with van der Waals surface area (Å²) in [6.45, 7) is 9.41. The Morgan fingerprint density at radius 3 is 2.21 bits per heavy atom. The maximum atomic E-state index is 10.4. The SMILES string of the molecule is CCC(C)(C)CCCCCCc1ccc(O)c(O)c1CCCCCC1(C)CC1. The summed E-state index contributed by atoms with van der Waals surface area (Å²) in [6.07, 6.45) is 17.3. The molecule has 0 heterocycles. The number of hydrogen-bond donors (Lipinski definition) is 2. The van der Waals surface area contributed by atoms with E-state index in [9.17, 15) is 10.2 Å². The van der Waals surface area contributed by atoms with Gasteiger partial charge in [-0.25, -0.2) is 0 Å². The molecule has 0 bridgehead atoms. The Kier molecular flexibility index (Phi) is 8.71. The van der Waals surface area contributed by atoms with E-state index in [1.165, 1.54) is 76.2 Å². The van der Waals surface area contributed by atoms with Crippen molar-refractivity contribution in [1.29, 1.82) is 0 Å². The van der Waals surface area contributed by atoms with Gasteiger partial charge in [-0.2, -0.15) is 0 Å². The van der Waals surface area contributed by atoms with Crippen molar-refractivity contribution in [1.82, 2.24) is 0 Å². The molecule has 1 fully saturated rings. The van der Waals surface area contributed by atoms with Crippen LogP contribution in [-0.4, -0.2) is 10.2 Å². The van der Waals surface area contributed by atoms with Gasteiger partial charge in [0.25, 0.3) is 0 Å². The van der Waals surface area contributed by atoms with Gasteiger partial charge in [-0.1, -0.05) is 72.3 Å². The maximum Gasteiger partial charge on any atom is 0.160 e. The summed E-state index contributed by atoms with van der Waals surface area (Å²) in [5, 5.41) is 20.3. The zero-order valence-corrected chi connectivity index (χ0v) is 18.9. The average Bonchev–Trinajstić information content (AvgIpc) is 3.39. The monoisotopic (exact) mass is 388 g/mol. The second kappa shape index (κ2) is 10.6. The van der Waals surface area contributed by atoms with E-state index in [4.69, 9.17) is 0 Å². The van der Waals surface area contributed by atoms with E-state index in [0.29, 0.717) is 10.8 Å². The molecular formula is C26H44O2. The van der Waals surface area contributed by atoms with Crippen molar-refractivity contribution >= 4 is 0 Å². The largest absolute Gasteiger partial charge is 0.504 e. The van der Waals surface area contributed by atoms with Crippen LogP contribution in [0.3, 0.4) is 0 Å². The minimum absolute atomic E-state index is 0.0334. The minimum Gasteiger partial charge on any atom is -0.504 e. The number of unbranched alkanes of at least 4 members (excludes halogenated alkanes) is 5. The molecule has 0 radical (unpaired) electrons. The number of phenolic OH excluding ortho intramolecular Hbond substituents is 2. The summed E-state index contributed by atoms with van der Waals surface area (Å²) >= 11 is 0. The van der Waals surface area contributed by atoms with Crippen LogP contribution in [0.1, 0.15) is 116 Å². The Morgan fingerprint density at radius 2 is 1.54 bits per heavy atom. The molecule has 0 atom stereocenters. The van der Waals surface area contributed by atoms with Gasteiger partial charge in [0.05, 0.1) is 0 Å². The molecular weight excluding hydrogens is 344 g/mol. The van der Waals surface area contributed by atoms with Crippen LogP contribution in [0.15, 0.2) is 12.1 Å². The predicted molar refractivity (Wildman–Crippen MR) is 120 cm³/mol. The standard InChI is InChI=1S/C26H44O2/c1-5-25(2,3)17-11-7-6-9-13-21-15-16-23(27)24(28)22(21)14-10-8-12-18-26(4)19-20-26/h15-16,27-28H,5-14,17-20H2,1-4H3. The Balaban J connectivity index is 1.73. The highest BCUT2D eigenvalue weighted by molar-refractivity contribution is 5.49. The quantitative estimate of drug-likeness (QED) is 0.251. The molecule has 0 amide bonds. The number of phenols is 2. The fourth-order valence-electron chi connectivity index (χ4n) is 4.12. The van der Waals surface area contributed by atoms with Crippen LogP contribution >= 0.6 is 0 Å². The van der Waals surface area contributed by atoms with Gasteiger partial charge < -0.3 is 10.2 Å². The van der Waals surface area contributed by atoms with Crippen LogP contribution in [0.2, 0.25) is 0 Å². The molecule has 2 nitrogen and oxygen atoms in total. The van der Waals surface area contributed by atoms with Crippen LogP contribution in [0.4, 0.5) is 0 Å². The molecule has 1 saturated carbocycles. The average molecular weight is 389 g/mol. The first-order valence-corrected chi connectivity index (χ1v) is 11.8. The Morgan fingerprint density at radius 1 is 0.893 bits per heavy atom. The predicted octanol–water partition coefficient (Wildman–Crippen LogP) is 7.93. The van der Waals surface area contributed by atoms with Crippen molar-refractivity contribution < 1.29 is 10.2 Å². The van der Waals surface area contributed by atoms with E-state index in [1.54, 1.807) is 6.07 Å². The lowest BCUT2D eigenvalue weighted by Crippen LogP contribution is -2.08. The highest BCUT2D eigenvalue weighted by Gasteiger charge is 2.35. The maximum absolute atomic E-state index is 10.4. The molecule has 1 aliphatic rings. The number of hydrogen-bond acceptors (Lipinski definition) is 2. The van der Waals surface area contributed by atoms with Gasteiger partial charge >= 0.3 is 0 Å². The first-order chi connectivity index (χ1) is 13.3. The third-order valence-electron chi connectivity index (χ3n) is 7.18. The van der Waals surface area contributed by atoms with E-state index in [1.807, 2.05) is 6.07 Å². The van der Waals surface area contributed by atoms with Crippen molar-refractivity contribution in [3.05, 3.63) is 23.3 Å². The summed E-state index contributed by atoms with van der Waals surface area (Å²) in [5.74, 6) is 0.155. The first-order valence-electron chi connectivity index (χ1n) is 11.8. The van der Waals surface area contributed by atoms with Gasteiger partial charge in [0.15, 0.2) is 11.5 Å². The fraction of sp³-hybridized carbons (Fsp3) is 0.769. The van der Waals surface area contributed by atoms with Gasteiger partial charge in [0.2, 0.25) is 0 Å². The summed E-state index contributed by atoms with van der Waals surface area (Å²) in [4.78, 5) is 0. The van der Waals surface area contributed by atoms with Crippen LogP contribution in [0.5, 0.6) is 11.5 Å². The topological polar surface area (TPSA) is 40.5 Å². The lowest BCUT2D eigenvalue weighted by Gasteiger charge is -2.22. The van der Waals surface area contributed by atoms with Gasteiger partial charge in [-0.3, -0.25) is 0 Å². The molecule has 0 aliphatic heterocycles. The van der Waals surface area contributed by atoms with E-state index in [-0.39, 0.29) is 11.5 Å². The van der Waals surface area contributed by atoms with E-state index >= 15 is 0 Å². The van der Waals surface area contributed by atoms with Gasteiger partial charge in [-0.05, 0) is 73.8 Å². The first kappa shape index (κ1) is 23.1. The molecule has 28 heavy (non-hydrogen) atoms. The lowest BCUT2D eigenvalue weighted by molar-refractivity contribution is 0.307. The summed E-state index contributed by atoms with van der Waals surface area (Å²) < 4.78 is 0. The van der Waals surface area contributed by atoms with Crippen LogP contribution < -0.4 is 0 Å².